The molecule has 1 aliphatic carbocycles. The van der Waals surface area contributed by atoms with Crippen molar-refractivity contribution in [2.45, 2.75) is 31.7 Å². The molecule has 17 heavy (non-hydrogen) atoms. The number of hydrogen-bond acceptors (Lipinski definition) is 4. The van der Waals surface area contributed by atoms with Gasteiger partial charge in [0.1, 0.15) is 6.61 Å². The molecule has 0 atom stereocenters. The molecular weight excluding hydrogens is 222 g/mol. The molecule has 0 radical (unpaired) electrons. The highest BCUT2D eigenvalue weighted by molar-refractivity contribution is 5.72. The van der Waals surface area contributed by atoms with Crippen LogP contribution in [0, 0.1) is 5.92 Å². The highest BCUT2D eigenvalue weighted by atomic mass is 16.5. The monoisotopic (exact) mass is 241 g/mol. The van der Waals surface area contributed by atoms with Crippen molar-refractivity contribution in [3.8, 4) is 0 Å². The quantitative estimate of drug-likeness (QED) is 0.600. The smallest absolute Gasteiger partial charge is 0.407 e. The number of ether oxygens (including phenoxy) is 2. The first-order chi connectivity index (χ1) is 8.17. The van der Waals surface area contributed by atoms with Gasteiger partial charge < -0.3 is 14.8 Å². The molecule has 1 amide bonds. The molecule has 0 aromatic rings. The summed E-state index contributed by atoms with van der Waals surface area (Å²) in [6.45, 7) is 3.67. The van der Waals surface area contributed by atoms with Crippen LogP contribution in [0.4, 0.5) is 4.79 Å². The van der Waals surface area contributed by atoms with Gasteiger partial charge in [-0.2, -0.15) is 0 Å². The van der Waals surface area contributed by atoms with Gasteiger partial charge in [-0.25, -0.2) is 4.79 Å². The van der Waals surface area contributed by atoms with Crippen molar-refractivity contribution in [2.24, 2.45) is 5.92 Å². The van der Waals surface area contributed by atoms with E-state index in [4.69, 9.17) is 9.47 Å². The number of carbonyl (C=O) groups excluding carboxylic acids is 2. The maximum Gasteiger partial charge on any atom is 0.407 e. The molecule has 5 heteroatoms. The van der Waals surface area contributed by atoms with E-state index in [1.807, 2.05) is 0 Å². The van der Waals surface area contributed by atoms with Gasteiger partial charge in [-0.15, -0.1) is 0 Å². The summed E-state index contributed by atoms with van der Waals surface area (Å²) in [6.07, 6.45) is 4.16. The second-order valence-electron chi connectivity index (χ2n) is 4.10. The van der Waals surface area contributed by atoms with Crippen molar-refractivity contribution < 1.29 is 19.1 Å². The summed E-state index contributed by atoms with van der Waals surface area (Å²) < 4.78 is 9.53. The first kappa shape index (κ1) is 13.5. The lowest BCUT2D eigenvalue weighted by Crippen LogP contribution is -2.39. The van der Waals surface area contributed by atoms with Gasteiger partial charge in [-0.1, -0.05) is 12.7 Å². The van der Waals surface area contributed by atoms with E-state index < -0.39 is 6.09 Å². The van der Waals surface area contributed by atoms with Crippen molar-refractivity contribution in [1.29, 1.82) is 0 Å². The van der Waals surface area contributed by atoms with Gasteiger partial charge in [-0.3, -0.25) is 4.79 Å². The lowest BCUT2D eigenvalue weighted by atomic mass is 9.86. The number of rotatable bonds is 4. The van der Waals surface area contributed by atoms with Gasteiger partial charge in [0.05, 0.1) is 13.0 Å². The second kappa shape index (κ2) is 6.93. The molecule has 1 rings (SSSR count). The molecule has 96 valence electrons. The van der Waals surface area contributed by atoms with Crippen LogP contribution >= 0.6 is 0 Å². The maximum absolute atomic E-state index is 11.3. The average molecular weight is 241 g/mol. The molecule has 0 aromatic heterocycles. The van der Waals surface area contributed by atoms with Crippen molar-refractivity contribution in [3.63, 3.8) is 0 Å². The van der Waals surface area contributed by atoms with Crippen LogP contribution in [0.1, 0.15) is 25.7 Å². The summed E-state index contributed by atoms with van der Waals surface area (Å²) in [7, 11) is 1.40. The lowest BCUT2D eigenvalue weighted by molar-refractivity contribution is -0.146. The summed E-state index contributed by atoms with van der Waals surface area (Å²) >= 11 is 0. The number of nitrogens with one attached hydrogen (secondary N) is 1. The second-order valence-corrected chi connectivity index (χ2v) is 4.10. The van der Waals surface area contributed by atoms with Crippen molar-refractivity contribution in [1.82, 2.24) is 5.32 Å². The molecule has 1 saturated carbocycles. The van der Waals surface area contributed by atoms with Crippen LogP contribution in [0.3, 0.4) is 0 Å². The fourth-order valence-corrected chi connectivity index (χ4v) is 1.98. The minimum absolute atomic E-state index is 0.0257. The minimum atomic E-state index is -0.425. The normalized spacial score (nSPS) is 23.6. The first-order valence-corrected chi connectivity index (χ1v) is 5.79. The summed E-state index contributed by atoms with van der Waals surface area (Å²) in [5.41, 5.74) is 0. The van der Waals surface area contributed by atoms with E-state index in [0.29, 0.717) is 0 Å². The zero-order valence-electron chi connectivity index (χ0n) is 10.1. The zero-order chi connectivity index (χ0) is 12.7. The minimum Gasteiger partial charge on any atom is -0.469 e. The topological polar surface area (TPSA) is 64.6 Å². The Morgan fingerprint density at radius 2 is 2.00 bits per heavy atom. The van der Waals surface area contributed by atoms with Crippen LogP contribution in [0.25, 0.3) is 0 Å². The van der Waals surface area contributed by atoms with E-state index in [1.165, 1.54) is 13.2 Å². The van der Waals surface area contributed by atoms with Crippen LogP contribution in [0.2, 0.25) is 0 Å². The van der Waals surface area contributed by atoms with E-state index in [2.05, 4.69) is 11.9 Å². The van der Waals surface area contributed by atoms with Crippen molar-refractivity contribution in [2.75, 3.05) is 13.7 Å². The van der Waals surface area contributed by atoms with Gasteiger partial charge in [0.15, 0.2) is 0 Å². The molecule has 0 saturated heterocycles. The number of alkyl carbamates (subject to hydrolysis) is 1. The van der Waals surface area contributed by atoms with E-state index in [1.54, 1.807) is 0 Å². The number of carbonyl (C=O) groups is 2. The highest BCUT2D eigenvalue weighted by Gasteiger charge is 2.27. The average Bonchev–Trinajstić information content (AvgIpc) is 2.36. The first-order valence-electron chi connectivity index (χ1n) is 5.79. The molecule has 1 aliphatic rings. The molecule has 5 nitrogen and oxygen atoms in total. The molecule has 1 fully saturated rings. The molecule has 1 N–H and O–H groups in total. The zero-order valence-corrected chi connectivity index (χ0v) is 10.1. The number of hydrogen-bond donors (Lipinski definition) is 1. The van der Waals surface area contributed by atoms with Gasteiger partial charge in [0.25, 0.3) is 0 Å². The van der Waals surface area contributed by atoms with Crippen molar-refractivity contribution in [3.05, 3.63) is 12.7 Å². The van der Waals surface area contributed by atoms with Crippen LogP contribution in [-0.2, 0) is 14.3 Å². The van der Waals surface area contributed by atoms with E-state index in [-0.39, 0.29) is 24.5 Å². The Morgan fingerprint density at radius 3 is 2.53 bits per heavy atom. The standard InChI is InChI=1S/C12H19NO4/c1-3-8-17-12(15)13-10-6-4-9(5-7-10)11(14)16-2/h3,9-10H,1,4-8H2,2H3,(H,13,15). The summed E-state index contributed by atoms with van der Waals surface area (Å²) in [5.74, 6) is -0.181. The number of amides is 1. The molecule has 0 spiro atoms. The van der Waals surface area contributed by atoms with Crippen LogP contribution in [-0.4, -0.2) is 31.8 Å². The molecule has 0 aromatic carbocycles. The molecule has 0 bridgehead atoms. The third-order valence-electron chi connectivity index (χ3n) is 2.92. The van der Waals surface area contributed by atoms with Gasteiger partial charge in [-0.05, 0) is 25.7 Å². The van der Waals surface area contributed by atoms with Gasteiger partial charge >= 0.3 is 12.1 Å². The Hall–Kier alpha value is -1.52. The van der Waals surface area contributed by atoms with Gasteiger partial charge in [0, 0.05) is 6.04 Å². The van der Waals surface area contributed by atoms with Gasteiger partial charge in [0.2, 0.25) is 0 Å². The Bertz CT molecular complexity index is 282. The molecule has 0 heterocycles. The highest BCUT2D eigenvalue weighted by Crippen LogP contribution is 2.25. The van der Waals surface area contributed by atoms with Crippen molar-refractivity contribution >= 4 is 12.1 Å². The molecular formula is C12H19NO4. The summed E-state index contributed by atoms with van der Waals surface area (Å²) in [5, 5.41) is 2.77. The predicted molar refractivity (Wildman–Crippen MR) is 62.4 cm³/mol. The van der Waals surface area contributed by atoms with Crippen LogP contribution in [0.5, 0.6) is 0 Å². The Morgan fingerprint density at radius 1 is 1.35 bits per heavy atom. The van der Waals surface area contributed by atoms with Crippen LogP contribution in [0.15, 0.2) is 12.7 Å². The third-order valence-corrected chi connectivity index (χ3v) is 2.92. The lowest BCUT2D eigenvalue weighted by Gasteiger charge is -2.27. The number of methoxy groups -OCH3 is 1. The Labute approximate surface area is 101 Å². The Kier molecular flexibility index (Phi) is 5.52. The maximum atomic E-state index is 11.3. The number of esters is 1. The molecule has 0 aliphatic heterocycles. The third kappa shape index (κ3) is 4.46. The van der Waals surface area contributed by atoms with Crippen LogP contribution < -0.4 is 5.32 Å². The summed E-state index contributed by atoms with van der Waals surface area (Å²) in [6, 6.07) is 0.0909. The fourth-order valence-electron chi connectivity index (χ4n) is 1.98. The largest absolute Gasteiger partial charge is 0.469 e. The SMILES string of the molecule is C=CCOC(=O)NC1CCC(C(=O)OC)CC1. The fraction of sp³-hybridized carbons (Fsp3) is 0.667. The molecule has 0 unspecified atom stereocenters. The van der Waals surface area contributed by atoms with E-state index in [0.717, 1.165) is 25.7 Å². The van der Waals surface area contributed by atoms with E-state index >= 15 is 0 Å². The van der Waals surface area contributed by atoms with E-state index in [9.17, 15) is 9.59 Å². The summed E-state index contributed by atoms with van der Waals surface area (Å²) in [4.78, 5) is 22.6. The Balaban J connectivity index is 2.25. The predicted octanol–water partition coefficient (Wildman–Crippen LogP) is 1.63.